The van der Waals surface area contributed by atoms with Gasteiger partial charge >= 0.3 is 0 Å². The topological polar surface area (TPSA) is 78.1 Å². The third-order valence-corrected chi connectivity index (χ3v) is 5.43. The molecule has 0 aromatic carbocycles. The Kier molecular flexibility index (Phi) is 3.82. The van der Waals surface area contributed by atoms with Gasteiger partial charge in [0.1, 0.15) is 0 Å². The number of aryl methyl sites for hydroxylation is 1. The van der Waals surface area contributed by atoms with Crippen LogP contribution < -0.4 is 0 Å². The summed E-state index contributed by atoms with van der Waals surface area (Å²) in [4.78, 5) is 18.6. The van der Waals surface area contributed by atoms with E-state index in [1.54, 1.807) is 12.4 Å². The van der Waals surface area contributed by atoms with Crippen molar-refractivity contribution in [3.05, 3.63) is 24.3 Å². The summed E-state index contributed by atoms with van der Waals surface area (Å²) in [6, 6.07) is 0.0668. The van der Waals surface area contributed by atoms with E-state index in [4.69, 9.17) is 4.74 Å². The molecule has 0 spiro atoms. The van der Waals surface area contributed by atoms with Gasteiger partial charge in [0.25, 0.3) is 0 Å². The maximum absolute atomic E-state index is 12.5. The summed E-state index contributed by atoms with van der Waals surface area (Å²) in [6.45, 7) is 1.91. The molecule has 4 rings (SSSR count). The molecule has 0 N–H and O–H groups in total. The van der Waals surface area contributed by atoms with Gasteiger partial charge in [-0.15, -0.1) is 5.10 Å². The average molecular weight is 334 g/mol. The molecule has 9 heteroatoms. The number of aromatic nitrogens is 5. The first kappa shape index (κ1) is 14.7. The van der Waals surface area contributed by atoms with Crippen molar-refractivity contribution in [2.75, 3.05) is 18.8 Å². The van der Waals surface area contributed by atoms with Crippen molar-refractivity contribution < 1.29 is 9.53 Å². The Hall–Kier alpha value is -1.87. The maximum atomic E-state index is 12.5. The number of hydrogen-bond acceptors (Lipinski definition) is 6. The highest BCUT2D eigenvalue weighted by atomic mass is 32.2. The number of carbonyl (C=O) groups excluding carboxylic acids is 1. The third kappa shape index (κ3) is 2.74. The molecular formula is C14H18N6O2S. The second-order valence-corrected chi connectivity index (χ2v) is 6.77. The lowest BCUT2D eigenvalue weighted by Crippen LogP contribution is -2.50. The number of amides is 1. The molecule has 23 heavy (non-hydrogen) atoms. The Morgan fingerprint density at radius 2 is 2.43 bits per heavy atom. The van der Waals surface area contributed by atoms with E-state index < -0.39 is 0 Å². The minimum Gasteiger partial charge on any atom is -0.370 e. The van der Waals surface area contributed by atoms with E-state index >= 15 is 0 Å². The van der Waals surface area contributed by atoms with Crippen molar-refractivity contribution in [1.29, 1.82) is 0 Å². The van der Waals surface area contributed by atoms with Crippen LogP contribution in [0.4, 0.5) is 0 Å². The molecule has 8 nitrogen and oxygen atoms in total. The lowest BCUT2D eigenvalue weighted by molar-refractivity contribution is -0.135. The van der Waals surface area contributed by atoms with Crippen LogP contribution in [-0.4, -0.2) is 60.3 Å². The highest BCUT2D eigenvalue weighted by molar-refractivity contribution is 7.99. The van der Waals surface area contributed by atoms with E-state index in [1.165, 1.54) is 11.8 Å². The summed E-state index contributed by atoms with van der Waals surface area (Å²) in [5.74, 6) is 0.525. The van der Waals surface area contributed by atoms with E-state index in [-0.39, 0.29) is 18.1 Å². The number of piperidine rings is 1. The number of carbonyl (C=O) groups is 1. The van der Waals surface area contributed by atoms with Crippen LogP contribution in [0.5, 0.6) is 0 Å². The highest BCUT2D eigenvalue weighted by Crippen LogP contribution is 2.30. The fraction of sp³-hybridized carbons (Fsp3) is 0.571. The third-order valence-electron chi connectivity index (χ3n) is 4.38. The zero-order valence-corrected chi connectivity index (χ0v) is 13.6. The number of nitrogens with zero attached hydrogens (tertiary/aromatic N) is 6. The zero-order valence-electron chi connectivity index (χ0n) is 12.8. The number of imidazole rings is 1. The molecule has 2 aromatic rings. The van der Waals surface area contributed by atoms with Crippen LogP contribution in [-0.2, 0) is 23.2 Å². The van der Waals surface area contributed by atoms with Gasteiger partial charge in [-0.3, -0.25) is 4.79 Å². The molecule has 0 radical (unpaired) electrons. The predicted octanol–water partition coefficient (Wildman–Crippen LogP) is 0.476. The summed E-state index contributed by atoms with van der Waals surface area (Å²) in [6.07, 6.45) is 6.31. The second-order valence-electron chi connectivity index (χ2n) is 5.82. The monoisotopic (exact) mass is 334 g/mol. The van der Waals surface area contributed by atoms with Crippen molar-refractivity contribution in [3.63, 3.8) is 0 Å². The number of rotatable bonds is 3. The molecule has 1 amide bonds. The first-order valence-corrected chi connectivity index (χ1v) is 8.59. The SMILES string of the molecule is Cn1ccnc1SCC(=O)N1CC[C@@H]2OCc3cnnn3[C@H]2C1. The van der Waals surface area contributed by atoms with E-state index in [2.05, 4.69) is 15.3 Å². The van der Waals surface area contributed by atoms with E-state index in [1.807, 2.05) is 27.4 Å². The summed E-state index contributed by atoms with van der Waals surface area (Å²) in [5, 5.41) is 8.98. The molecule has 2 aliphatic heterocycles. The van der Waals surface area contributed by atoms with Gasteiger partial charge in [0, 0.05) is 32.5 Å². The van der Waals surface area contributed by atoms with Crippen LogP contribution >= 0.6 is 11.8 Å². The van der Waals surface area contributed by atoms with Crippen molar-refractivity contribution in [2.24, 2.45) is 7.05 Å². The highest BCUT2D eigenvalue weighted by Gasteiger charge is 2.37. The second kappa shape index (κ2) is 5.97. The summed E-state index contributed by atoms with van der Waals surface area (Å²) < 4.78 is 9.71. The number of likely N-dealkylation sites (tertiary alicyclic amines) is 1. The van der Waals surface area contributed by atoms with Crippen LogP contribution in [0.1, 0.15) is 18.2 Å². The van der Waals surface area contributed by atoms with Gasteiger partial charge < -0.3 is 14.2 Å². The Morgan fingerprint density at radius 1 is 1.52 bits per heavy atom. The van der Waals surface area contributed by atoms with Crippen molar-refractivity contribution in [3.8, 4) is 0 Å². The predicted molar refractivity (Wildman–Crippen MR) is 82.8 cm³/mol. The Balaban J connectivity index is 1.41. The van der Waals surface area contributed by atoms with Crippen LogP contribution in [0.25, 0.3) is 0 Å². The molecule has 4 heterocycles. The van der Waals surface area contributed by atoms with Crippen LogP contribution in [0, 0.1) is 0 Å². The normalized spacial score (nSPS) is 23.4. The molecule has 1 saturated heterocycles. The van der Waals surface area contributed by atoms with Crippen LogP contribution in [0.2, 0.25) is 0 Å². The molecular weight excluding hydrogens is 316 g/mol. The largest absolute Gasteiger partial charge is 0.370 e. The average Bonchev–Trinajstić information content (AvgIpc) is 3.20. The van der Waals surface area contributed by atoms with Gasteiger partial charge in [-0.1, -0.05) is 17.0 Å². The van der Waals surface area contributed by atoms with Gasteiger partial charge in [-0.05, 0) is 6.42 Å². The van der Waals surface area contributed by atoms with E-state index in [0.717, 1.165) is 23.8 Å². The number of thioether (sulfide) groups is 1. The minimum atomic E-state index is 0.0668. The smallest absolute Gasteiger partial charge is 0.233 e. The molecule has 2 aliphatic rings. The summed E-state index contributed by atoms with van der Waals surface area (Å²) in [7, 11) is 1.93. The molecule has 122 valence electrons. The lowest BCUT2D eigenvalue weighted by Gasteiger charge is -2.40. The quantitative estimate of drug-likeness (QED) is 0.760. The van der Waals surface area contributed by atoms with Crippen LogP contribution in [0.3, 0.4) is 0 Å². The van der Waals surface area contributed by atoms with Crippen molar-refractivity contribution in [1.82, 2.24) is 29.4 Å². The molecule has 0 aliphatic carbocycles. The van der Waals surface area contributed by atoms with Gasteiger partial charge in [0.15, 0.2) is 5.16 Å². The summed E-state index contributed by atoms with van der Waals surface area (Å²) >= 11 is 1.47. The van der Waals surface area contributed by atoms with E-state index in [0.29, 0.717) is 18.9 Å². The first-order valence-electron chi connectivity index (χ1n) is 7.61. The number of fused-ring (bicyclic) bond motifs is 3. The van der Waals surface area contributed by atoms with Crippen LogP contribution in [0.15, 0.2) is 23.7 Å². The lowest BCUT2D eigenvalue weighted by atomic mass is 10.0. The molecule has 0 unspecified atom stereocenters. The molecule has 1 fully saturated rings. The standard InChI is InChI=1S/C14H18N6O2S/c1-18-5-3-15-14(18)23-9-13(21)19-4-2-12-11(7-19)20-10(8-22-12)6-16-17-20/h3,5-6,11-12H,2,4,7-9H2,1H3/t11-,12-/m0/s1. The maximum Gasteiger partial charge on any atom is 0.233 e. The van der Waals surface area contributed by atoms with Crippen molar-refractivity contribution >= 4 is 17.7 Å². The molecule has 2 aromatic heterocycles. The zero-order chi connectivity index (χ0) is 15.8. The minimum absolute atomic E-state index is 0.0668. The van der Waals surface area contributed by atoms with E-state index in [9.17, 15) is 4.79 Å². The van der Waals surface area contributed by atoms with Gasteiger partial charge in [-0.25, -0.2) is 9.67 Å². The van der Waals surface area contributed by atoms with Gasteiger partial charge in [-0.2, -0.15) is 0 Å². The number of ether oxygens (including phenoxy) is 1. The molecule has 0 saturated carbocycles. The Bertz CT molecular complexity index is 714. The fourth-order valence-electron chi connectivity index (χ4n) is 3.11. The molecule has 2 atom stereocenters. The summed E-state index contributed by atoms with van der Waals surface area (Å²) in [5.41, 5.74) is 0.975. The van der Waals surface area contributed by atoms with Gasteiger partial charge in [0.2, 0.25) is 5.91 Å². The fourth-order valence-corrected chi connectivity index (χ4v) is 3.95. The molecule has 0 bridgehead atoms. The number of hydrogen-bond donors (Lipinski definition) is 0. The van der Waals surface area contributed by atoms with Crippen molar-refractivity contribution in [2.45, 2.75) is 30.3 Å². The Morgan fingerprint density at radius 3 is 3.26 bits per heavy atom. The Labute approximate surface area is 137 Å². The van der Waals surface area contributed by atoms with Gasteiger partial charge in [0.05, 0.1) is 36.4 Å². The first-order chi connectivity index (χ1) is 11.2.